The summed E-state index contributed by atoms with van der Waals surface area (Å²) in [5.41, 5.74) is -0.628. The van der Waals surface area contributed by atoms with Crippen molar-refractivity contribution in [1.29, 1.82) is 0 Å². The van der Waals surface area contributed by atoms with Crippen LogP contribution in [0.2, 0.25) is 0 Å². The van der Waals surface area contributed by atoms with Crippen LogP contribution in [0.4, 0.5) is 9.59 Å². The van der Waals surface area contributed by atoms with Crippen molar-refractivity contribution in [2.24, 2.45) is 0 Å². The highest BCUT2D eigenvalue weighted by Crippen LogP contribution is 2.37. The number of methoxy groups -OCH3 is 1. The van der Waals surface area contributed by atoms with Gasteiger partial charge >= 0.3 is 17.4 Å². The molecule has 0 bridgehead atoms. The first-order chi connectivity index (χ1) is 10.6. The molecule has 7 nitrogen and oxygen atoms in total. The lowest BCUT2D eigenvalue weighted by Crippen LogP contribution is -2.54. The number of piperidine rings is 1. The van der Waals surface area contributed by atoms with Crippen LogP contribution in [-0.4, -0.2) is 59.4 Å². The standard InChI is InChI=1S/C15H25NO6S/c1-6-21-11(17)15(23-13(19)20-5)8-7-9-16(10-15)12(18)22-14(2,3)4/h6-10H2,1-5H3. The molecular weight excluding hydrogens is 322 g/mol. The van der Waals surface area contributed by atoms with Gasteiger partial charge in [-0.3, -0.25) is 4.79 Å². The monoisotopic (exact) mass is 347 g/mol. The number of rotatable bonds is 3. The highest BCUT2D eigenvalue weighted by molar-refractivity contribution is 8.15. The SMILES string of the molecule is CCOC(=O)C1(SC(=O)OC)CCCN(C(=O)OC(C)(C)C)C1. The molecule has 0 saturated carbocycles. The van der Waals surface area contributed by atoms with E-state index in [1.807, 2.05) is 0 Å². The molecule has 1 saturated heterocycles. The van der Waals surface area contributed by atoms with Gasteiger partial charge in [0, 0.05) is 13.1 Å². The third-order valence-corrected chi connectivity index (χ3v) is 4.42. The number of likely N-dealkylation sites (tertiary alicyclic amines) is 1. The Morgan fingerprint density at radius 3 is 2.43 bits per heavy atom. The van der Waals surface area contributed by atoms with E-state index in [0.717, 1.165) is 11.8 Å². The third-order valence-electron chi connectivity index (χ3n) is 3.20. The zero-order valence-corrected chi connectivity index (χ0v) is 15.2. The Morgan fingerprint density at radius 1 is 1.26 bits per heavy atom. The van der Waals surface area contributed by atoms with Gasteiger partial charge in [-0.15, -0.1) is 0 Å². The minimum absolute atomic E-state index is 0.0561. The fourth-order valence-electron chi connectivity index (χ4n) is 2.26. The Morgan fingerprint density at radius 2 is 1.91 bits per heavy atom. The maximum atomic E-state index is 12.4. The lowest BCUT2D eigenvalue weighted by atomic mass is 9.97. The number of ether oxygens (including phenoxy) is 3. The van der Waals surface area contributed by atoms with E-state index in [0.29, 0.717) is 19.4 Å². The fourth-order valence-corrected chi connectivity index (χ4v) is 3.27. The van der Waals surface area contributed by atoms with Crippen LogP contribution in [0, 0.1) is 0 Å². The molecule has 23 heavy (non-hydrogen) atoms. The molecular formula is C15H25NO6S. The fraction of sp³-hybridized carbons (Fsp3) is 0.800. The zero-order valence-electron chi connectivity index (χ0n) is 14.3. The van der Waals surface area contributed by atoms with Gasteiger partial charge in [-0.1, -0.05) is 0 Å². The molecule has 0 aromatic heterocycles. The quantitative estimate of drug-likeness (QED) is 0.573. The maximum Gasteiger partial charge on any atom is 0.410 e. The van der Waals surface area contributed by atoms with Crippen molar-refractivity contribution in [3.63, 3.8) is 0 Å². The summed E-state index contributed by atoms with van der Waals surface area (Å²) in [7, 11) is 1.25. The number of nitrogens with zero attached hydrogens (tertiary/aromatic N) is 1. The molecule has 1 unspecified atom stereocenters. The molecule has 0 N–H and O–H groups in total. The van der Waals surface area contributed by atoms with Crippen LogP contribution >= 0.6 is 11.8 Å². The van der Waals surface area contributed by atoms with Crippen LogP contribution in [0.25, 0.3) is 0 Å². The Labute approximate surface area is 141 Å². The van der Waals surface area contributed by atoms with Crippen LogP contribution in [0.1, 0.15) is 40.5 Å². The number of esters is 1. The molecule has 132 valence electrons. The third kappa shape index (κ3) is 5.60. The minimum Gasteiger partial charge on any atom is -0.465 e. The Kier molecular flexibility index (Phi) is 6.73. The van der Waals surface area contributed by atoms with Crippen LogP contribution in [-0.2, 0) is 19.0 Å². The van der Waals surface area contributed by atoms with Gasteiger partial charge in [0.2, 0.25) is 0 Å². The predicted octanol–water partition coefficient (Wildman–Crippen LogP) is 2.82. The topological polar surface area (TPSA) is 82.1 Å². The molecule has 8 heteroatoms. The van der Waals surface area contributed by atoms with E-state index in [1.54, 1.807) is 27.7 Å². The Hall–Kier alpha value is -1.44. The van der Waals surface area contributed by atoms with Gasteiger partial charge in [0.15, 0.2) is 0 Å². The minimum atomic E-state index is -1.15. The first-order valence-electron chi connectivity index (χ1n) is 7.55. The van der Waals surface area contributed by atoms with Crippen molar-refractivity contribution in [3.8, 4) is 0 Å². The second-order valence-corrected chi connectivity index (χ2v) is 7.60. The lowest BCUT2D eigenvalue weighted by Gasteiger charge is -2.39. The van der Waals surface area contributed by atoms with Crippen LogP contribution in [0.15, 0.2) is 0 Å². The smallest absolute Gasteiger partial charge is 0.410 e. The summed E-state index contributed by atoms with van der Waals surface area (Å²) in [6.07, 6.45) is 0.504. The van der Waals surface area contributed by atoms with Crippen molar-refractivity contribution in [1.82, 2.24) is 4.90 Å². The molecule has 1 heterocycles. The number of hydrogen-bond donors (Lipinski definition) is 0. The highest BCUT2D eigenvalue weighted by atomic mass is 32.2. The van der Waals surface area contributed by atoms with Crippen LogP contribution in [0.3, 0.4) is 0 Å². The van der Waals surface area contributed by atoms with E-state index in [-0.39, 0.29) is 13.2 Å². The average molecular weight is 347 g/mol. The average Bonchev–Trinajstić information content (AvgIpc) is 2.45. The number of carbonyl (C=O) groups is 3. The molecule has 1 aliphatic rings. The molecule has 1 amide bonds. The normalized spacial score (nSPS) is 21.5. The molecule has 0 radical (unpaired) electrons. The Bertz CT molecular complexity index is 461. The van der Waals surface area contributed by atoms with Gasteiger partial charge in [0.1, 0.15) is 10.3 Å². The molecule has 1 aliphatic heterocycles. The summed E-state index contributed by atoms with van der Waals surface area (Å²) >= 11 is 0.770. The van der Waals surface area contributed by atoms with E-state index < -0.39 is 27.7 Å². The van der Waals surface area contributed by atoms with Crippen LogP contribution < -0.4 is 0 Å². The van der Waals surface area contributed by atoms with E-state index in [2.05, 4.69) is 4.74 Å². The van der Waals surface area contributed by atoms with Crippen LogP contribution in [0.5, 0.6) is 0 Å². The van der Waals surface area contributed by atoms with Gasteiger partial charge in [-0.05, 0) is 52.3 Å². The predicted molar refractivity (Wildman–Crippen MR) is 86.4 cm³/mol. The first kappa shape index (κ1) is 19.6. The molecule has 1 fully saturated rings. The Balaban J connectivity index is 2.95. The van der Waals surface area contributed by atoms with E-state index >= 15 is 0 Å². The van der Waals surface area contributed by atoms with Crippen molar-refractivity contribution >= 4 is 29.1 Å². The largest absolute Gasteiger partial charge is 0.465 e. The summed E-state index contributed by atoms with van der Waals surface area (Å²) in [6.45, 7) is 7.75. The summed E-state index contributed by atoms with van der Waals surface area (Å²) in [5.74, 6) is -0.511. The van der Waals surface area contributed by atoms with E-state index in [1.165, 1.54) is 12.0 Å². The van der Waals surface area contributed by atoms with E-state index in [4.69, 9.17) is 9.47 Å². The maximum absolute atomic E-state index is 12.4. The lowest BCUT2D eigenvalue weighted by molar-refractivity contribution is -0.147. The first-order valence-corrected chi connectivity index (χ1v) is 8.37. The summed E-state index contributed by atoms with van der Waals surface area (Å²) < 4.78 is 14.0. The van der Waals surface area contributed by atoms with Crippen molar-refractivity contribution in [2.45, 2.75) is 50.9 Å². The molecule has 0 aromatic rings. The highest BCUT2D eigenvalue weighted by Gasteiger charge is 2.48. The zero-order chi connectivity index (χ0) is 17.7. The number of hydrogen-bond acceptors (Lipinski definition) is 7. The molecule has 1 rings (SSSR count). The van der Waals surface area contributed by atoms with Gasteiger partial charge < -0.3 is 19.1 Å². The number of carbonyl (C=O) groups excluding carboxylic acids is 3. The second kappa shape index (κ2) is 7.90. The van der Waals surface area contributed by atoms with Crippen molar-refractivity contribution < 1.29 is 28.6 Å². The van der Waals surface area contributed by atoms with Crippen molar-refractivity contribution in [2.75, 3.05) is 26.8 Å². The molecule has 1 atom stereocenters. The van der Waals surface area contributed by atoms with Gasteiger partial charge in [0.05, 0.1) is 13.7 Å². The number of thioether (sulfide) groups is 1. The molecule has 0 aromatic carbocycles. The van der Waals surface area contributed by atoms with E-state index in [9.17, 15) is 14.4 Å². The summed E-state index contributed by atoms with van der Waals surface area (Å²) in [4.78, 5) is 37.8. The van der Waals surface area contributed by atoms with Crippen molar-refractivity contribution in [3.05, 3.63) is 0 Å². The molecule has 0 spiro atoms. The van der Waals surface area contributed by atoms with Gasteiger partial charge in [-0.25, -0.2) is 9.59 Å². The van der Waals surface area contributed by atoms with Gasteiger partial charge in [-0.2, -0.15) is 0 Å². The molecule has 0 aliphatic carbocycles. The number of amides is 1. The summed E-state index contributed by atoms with van der Waals surface area (Å²) in [5, 5.41) is -0.580. The summed E-state index contributed by atoms with van der Waals surface area (Å²) in [6, 6.07) is 0. The second-order valence-electron chi connectivity index (χ2n) is 6.28. The van der Waals surface area contributed by atoms with Gasteiger partial charge in [0.25, 0.3) is 0 Å².